The number of carbonyl (C=O) groups excluding carboxylic acids is 2. The number of benzene rings is 1. The molecule has 3 N–H and O–H groups in total. The molecule has 1 aromatic heterocycles. The molecule has 8 atom stereocenters. The Labute approximate surface area is 213 Å². The normalized spacial score (nSPS) is 32.8. The topological polar surface area (TPSA) is 146 Å². The molecule has 2 amide bonds. The van der Waals surface area contributed by atoms with Crippen LogP contribution < -0.4 is 14.3 Å². The number of aromatic hydroxyl groups is 1. The minimum atomic E-state index is -1.22. The van der Waals surface area contributed by atoms with Gasteiger partial charge in [-0.2, -0.15) is 0 Å². The SMILES string of the molecule is COc1cc(C2c3sc(=O)[nH]c3SC3C4CC(C5C(=O)N(C(C)C(=O)O)C(=O)C45)C23)cc(OC)c1O. The van der Waals surface area contributed by atoms with Gasteiger partial charge in [-0.05, 0) is 48.8 Å². The van der Waals surface area contributed by atoms with Gasteiger partial charge in [0.1, 0.15) is 6.04 Å². The monoisotopic (exact) mass is 532 g/mol. The predicted molar refractivity (Wildman–Crippen MR) is 129 cm³/mol. The number of fused-ring (bicyclic) bond motifs is 9. The number of thiazole rings is 1. The number of thioether (sulfide) groups is 1. The number of hydrogen-bond donors (Lipinski definition) is 3. The summed E-state index contributed by atoms with van der Waals surface area (Å²) in [5.41, 5.74) is 0.782. The maximum atomic E-state index is 13.5. The standard InChI is InChI=1S/C24H24N2O8S2/c1-7(23(30)31)26-21(28)15-9-6-10(16(15)22(26)29)18-14(9)13(19-20(35-18)25-24(32)36-19)8-4-11(33-2)17(27)12(5-8)34-3/h4-5,7,9-10,13-16,18,27H,6H2,1-3H3,(H,25,32)(H,30,31). The first kappa shape index (κ1) is 23.4. The van der Waals surface area contributed by atoms with Crippen molar-refractivity contribution in [3.05, 3.63) is 32.2 Å². The van der Waals surface area contributed by atoms with Gasteiger partial charge >= 0.3 is 10.8 Å². The van der Waals surface area contributed by atoms with E-state index in [4.69, 9.17) is 9.47 Å². The molecule has 2 saturated carbocycles. The van der Waals surface area contributed by atoms with Gasteiger partial charge in [0.2, 0.25) is 17.6 Å². The fraction of sp³-hybridized carbons (Fsp3) is 0.500. The van der Waals surface area contributed by atoms with Crippen LogP contribution in [0.4, 0.5) is 0 Å². The zero-order chi connectivity index (χ0) is 25.6. The predicted octanol–water partition coefficient (Wildman–Crippen LogP) is 2.11. The summed E-state index contributed by atoms with van der Waals surface area (Å²) in [7, 11) is 2.89. The number of nitrogens with zero attached hydrogens (tertiary/aromatic N) is 1. The van der Waals surface area contributed by atoms with Crippen LogP contribution in [0.5, 0.6) is 17.2 Å². The highest BCUT2D eigenvalue weighted by Gasteiger charge is 2.70. The van der Waals surface area contributed by atoms with Crippen LogP contribution in [0.25, 0.3) is 0 Å². The Morgan fingerprint density at radius 2 is 1.72 bits per heavy atom. The molecular weight excluding hydrogens is 508 g/mol. The van der Waals surface area contributed by atoms with E-state index >= 15 is 0 Å². The van der Waals surface area contributed by atoms with Gasteiger partial charge in [-0.3, -0.25) is 19.3 Å². The van der Waals surface area contributed by atoms with Gasteiger partial charge in [-0.15, -0.1) is 11.8 Å². The van der Waals surface area contributed by atoms with Crippen LogP contribution in [0.3, 0.4) is 0 Å². The van der Waals surface area contributed by atoms with Crippen LogP contribution in [0.1, 0.15) is 29.7 Å². The minimum absolute atomic E-state index is 0.0402. The number of phenolic OH excluding ortho intramolecular Hbond substituents is 1. The fourth-order valence-electron chi connectivity index (χ4n) is 7.00. The van der Waals surface area contributed by atoms with Crippen molar-refractivity contribution in [2.75, 3.05) is 14.2 Å². The van der Waals surface area contributed by atoms with Crippen molar-refractivity contribution in [1.82, 2.24) is 9.88 Å². The summed E-state index contributed by atoms with van der Waals surface area (Å²) in [5.74, 6) is -3.44. The number of methoxy groups -OCH3 is 2. The van der Waals surface area contributed by atoms with Gasteiger partial charge in [-0.1, -0.05) is 11.3 Å². The zero-order valence-electron chi connectivity index (χ0n) is 19.6. The van der Waals surface area contributed by atoms with E-state index in [-0.39, 0.29) is 51.0 Å². The highest BCUT2D eigenvalue weighted by molar-refractivity contribution is 8.00. The number of likely N-dealkylation sites (tertiary alicyclic amines) is 1. The number of H-pyrrole nitrogens is 1. The first-order valence-corrected chi connectivity index (χ1v) is 13.3. The van der Waals surface area contributed by atoms with E-state index in [2.05, 4.69) is 4.98 Å². The number of carboxylic acids is 1. The molecule has 12 heteroatoms. The van der Waals surface area contributed by atoms with Crippen molar-refractivity contribution in [1.29, 1.82) is 0 Å². The summed E-state index contributed by atoms with van der Waals surface area (Å²) in [6.45, 7) is 1.36. The number of rotatable bonds is 5. The second kappa shape index (κ2) is 8.01. The molecule has 1 aromatic carbocycles. The van der Waals surface area contributed by atoms with Crippen LogP contribution in [0.2, 0.25) is 0 Å². The smallest absolute Gasteiger partial charge is 0.326 e. The number of imide groups is 1. The van der Waals surface area contributed by atoms with Gasteiger partial charge in [-0.25, -0.2) is 4.79 Å². The Morgan fingerprint density at radius 3 is 2.31 bits per heavy atom. The maximum Gasteiger partial charge on any atom is 0.326 e. The Balaban J connectivity index is 1.48. The number of aromatic amines is 1. The van der Waals surface area contributed by atoms with Gasteiger partial charge in [0.05, 0.1) is 31.1 Å². The van der Waals surface area contributed by atoms with E-state index in [1.54, 1.807) is 23.9 Å². The fourth-order valence-corrected chi connectivity index (χ4v) is 9.89. The van der Waals surface area contributed by atoms with Crippen LogP contribution in [-0.2, 0) is 14.4 Å². The first-order valence-electron chi connectivity index (χ1n) is 11.6. The number of ether oxygens (including phenoxy) is 2. The lowest BCUT2D eigenvalue weighted by atomic mass is 9.68. The number of phenols is 1. The van der Waals surface area contributed by atoms with E-state index in [1.165, 1.54) is 21.1 Å². The minimum Gasteiger partial charge on any atom is -0.502 e. The summed E-state index contributed by atoms with van der Waals surface area (Å²) < 4.78 is 10.8. The number of aliphatic carboxylic acids is 1. The van der Waals surface area contributed by atoms with Crippen molar-refractivity contribution in [3.63, 3.8) is 0 Å². The summed E-state index contributed by atoms with van der Waals surface area (Å²) >= 11 is 2.67. The van der Waals surface area contributed by atoms with E-state index in [1.807, 2.05) is 0 Å². The summed E-state index contributed by atoms with van der Waals surface area (Å²) in [5, 5.41) is 20.7. The highest BCUT2D eigenvalue weighted by atomic mass is 32.2. The van der Waals surface area contributed by atoms with Crippen LogP contribution in [-0.4, -0.2) is 63.4 Å². The number of carboxylic acid groups (broad SMARTS) is 1. The largest absolute Gasteiger partial charge is 0.502 e. The van der Waals surface area contributed by atoms with Crippen LogP contribution >= 0.6 is 23.1 Å². The van der Waals surface area contributed by atoms with Crippen molar-refractivity contribution in [2.45, 2.75) is 35.6 Å². The number of aromatic nitrogens is 1. The van der Waals surface area contributed by atoms with Crippen LogP contribution in [0, 0.1) is 29.6 Å². The highest BCUT2D eigenvalue weighted by Crippen LogP contribution is 2.69. The van der Waals surface area contributed by atoms with Crippen molar-refractivity contribution in [2.24, 2.45) is 29.6 Å². The average Bonchev–Trinajstić information content (AvgIpc) is 3.57. The van der Waals surface area contributed by atoms with Crippen molar-refractivity contribution >= 4 is 40.9 Å². The van der Waals surface area contributed by atoms with E-state index in [0.29, 0.717) is 6.42 Å². The first-order chi connectivity index (χ1) is 17.2. The number of nitrogens with one attached hydrogen (secondary N) is 1. The molecule has 2 aliphatic heterocycles. The molecule has 190 valence electrons. The van der Waals surface area contributed by atoms with Gasteiger partial charge < -0.3 is 24.7 Å². The molecule has 0 spiro atoms. The third kappa shape index (κ3) is 2.97. The lowest BCUT2D eigenvalue weighted by Gasteiger charge is -2.43. The molecule has 2 aromatic rings. The van der Waals surface area contributed by atoms with Gasteiger partial charge in [0, 0.05) is 16.0 Å². The Hall–Kier alpha value is -2.99. The van der Waals surface area contributed by atoms with Crippen molar-refractivity contribution in [3.8, 4) is 17.2 Å². The summed E-state index contributed by atoms with van der Waals surface area (Å²) in [6, 6.07) is 2.24. The molecule has 8 unspecified atom stereocenters. The molecule has 2 bridgehead atoms. The molecule has 3 fully saturated rings. The van der Waals surface area contributed by atoms with E-state index in [0.717, 1.165) is 31.7 Å². The number of amides is 2. The molecule has 2 aliphatic carbocycles. The second-order valence-electron chi connectivity index (χ2n) is 9.80. The zero-order valence-corrected chi connectivity index (χ0v) is 21.2. The molecule has 3 heterocycles. The summed E-state index contributed by atoms with van der Waals surface area (Å²) in [6.07, 6.45) is 0.687. The molecule has 10 nitrogen and oxygen atoms in total. The van der Waals surface area contributed by atoms with Gasteiger partial charge in [0.15, 0.2) is 11.5 Å². The number of hydrogen-bond acceptors (Lipinski definition) is 9. The maximum absolute atomic E-state index is 13.5. The molecule has 36 heavy (non-hydrogen) atoms. The molecule has 1 saturated heterocycles. The lowest BCUT2D eigenvalue weighted by molar-refractivity contribution is -0.154. The Kier molecular flexibility index (Phi) is 5.21. The molecule has 4 aliphatic rings. The van der Waals surface area contributed by atoms with Crippen LogP contribution in [0.15, 0.2) is 22.0 Å². The third-order valence-electron chi connectivity index (χ3n) is 8.36. The number of carbonyl (C=O) groups is 3. The Bertz CT molecular complexity index is 1340. The van der Waals surface area contributed by atoms with Gasteiger partial charge in [0.25, 0.3) is 0 Å². The van der Waals surface area contributed by atoms with E-state index in [9.17, 15) is 29.4 Å². The quantitative estimate of drug-likeness (QED) is 0.493. The summed E-state index contributed by atoms with van der Waals surface area (Å²) in [4.78, 5) is 55.4. The molecular formula is C24H24N2O8S2. The second-order valence-corrected chi connectivity index (χ2v) is 12.0. The molecule has 0 radical (unpaired) electrons. The third-order valence-corrected chi connectivity index (χ3v) is 11.0. The average molecular weight is 533 g/mol. The lowest BCUT2D eigenvalue weighted by Crippen LogP contribution is -2.44. The molecule has 6 rings (SSSR count). The Morgan fingerprint density at radius 1 is 1.11 bits per heavy atom. The van der Waals surface area contributed by atoms with E-state index < -0.39 is 35.7 Å². The van der Waals surface area contributed by atoms with Crippen molar-refractivity contribution < 1.29 is 34.1 Å².